The van der Waals surface area contributed by atoms with E-state index in [0.29, 0.717) is 12.6 Å². The Balaban J connectivity index is 3.58. The maximum absolute atomic E-state index is 11.3. The minimum absolute atomic E-state index is 0.0729. The van der Waals surface area contributed by atoms with Crippen LogP contribution in [0.15, 0.2) is 0 Å². The van der Waals surface area contributed by atoms with Crippen LogP contribution in [0.4, 0.5) is 0 Å². The predicted molar refractivity (Wildman–Crippen MR) is 62.9 cm³/mol. The summed E-state index contributed by atoms with van der Waals surface area (Å²) in [5, 5.41) is 3.22. The van der Waals surface area contributed by atoms with E-state index >= 15 is 0 Å². The van der Waals surface area contributed by atoms with Crippen LogP contribution < -0.4 is 14.8 Å². The fourth-order valence-electron chi connectivity index (χ4n) is 1.04. The standard InChI is InChI=1S/C9H23N3O2S/c1-8(2)10-6-5-7-11-15(13,14)12-9(3)4/h8-12H,5-7H2,1-4H3. The number of hydrogen-bond donors (Lipinski definition) is 3. The SMILES string of the molecule is CC(C)NCCCNS(=O)(=O)NC(C)C. The molecule has 0 fully saturated rings. The van der Waals surface area contributed by atoms with Crippen LogP contribution in [0.3, 0.4) is 0 Å². The second-order valence-corrected chi connectivity index (χ2v) is 5.66. The smallest absolute Gasteiger partial charge is 0.277 e. The Kier molecular flexibility index (Phi) is 7.08. The molecule has 0 aliphatic carbocycles. The van der Waals surface area contributed by atoms with Crippen molar-refractivity contribution in [2.24, 2.45) is 0 Å². The molecule has 0 radical (unpaired) electrons. The zero-order chi connectivity index (χ0) is 11.9. The third kappa shape index (κ3) is 10.1. The molecule has 0 aromatic heterocycles. The summed E-state index contributed by atoms with van der Waals surface area (Å²) in [6, 6.07) is 0.367. The third-order valence-corrected chi connectivity index (χ3v) is 2.95. The van der Waals surface area contributed by atoms with Crippen molar-refractivity contribution in [2.75, 3.05) is 13.1 Å². The molecular formula is C9H23N3O2S. The topological polar surface area (TPSA) is 70.2 Å². The Morgan fingerprint density at radius 1 is 1.00 bits per heavy atom. The average molecular weight is 237 g/mol. The van der Waals surface area contributed by atoms with Crippen molar-refractivity contribution in [1.82, 2.24) is 14.8 Å². The summed E-state index contributed by atoms with van der Waals surface area (Å²) in [6.45, 7) is 8.98. The molecule has 6 heteroatoms. The van der Waals surface area contributed by atoms with E-state index in [1.54, 1.807) is 13.8 Å². The zero-order valence-corrected chi connectivity index (χ0v) is 10.8. The molecular weight excluding hydrogens is 214 g/mol. The van der Waals surface area contributed by atoms with Gasteiger partial charge in [-0.25, -0.2) is 4.72 Å². The summed E-state index contributed by atoms with van der Waals surface area (Å²) in [5.41, 5.74) is 0. The molecule has 0 atom stereocenters. The Hall–Kier alpha value is -0.170. The molecule has 92 valence electrons. The molecule has 0 unspecified atom stereocenters. The molecule has 0 saturated heterocycles. The first-order chi connectivity index (χ1) is 6.83. The van der Waals surface area contributed by atoms with Gasteiger partial charge in [-0.1, -0.05) is 13.8 Å². The molecule has 0 aliphatic heterocycles. The van der Waals surface area contributed by atoms with E-state index in [1.165, 1.54) is 0 Å². The predicted octanol–water partition coefficient (Wildman–Crippen LogP) is 0.207. The summed E-state index contributed by atoms with van der Waals surface area (Å²) < 4.78 is 27.5. The second-order valence-electron chi connectivity index (χ2n) is 4.13. The lowest BCUT2D eigenvalue weighted by Gasteiger charge is -2.11. The highest BCUT2D eigenvalue weighted by Crippen LogP contribution is 1.85. The molecule has 0 aromatic rings. The van der Waals surface area contributed by atoms with E-state index in [0.717, 1.165) is 13.0 Å². The van der Waals surface area contributed by atoms with Crippen LogP contribution in [0.1, 0.15) is 34.1 Å². The van der Waals surface area contributed by atoms with Gasteiger partial charge in [0.05, 0.1) is 0 Å². The van der Waals surface area contributed by atoms with Gasteiger partial charge in [-0.2, -0.15) is 13.1 Å². The second kappa shape index (κ2) is 7.16. The van der Waals surface area contributed by atoms with E-state index in [-0.39, 0.29) is 6.04 Å². The first kappa shape index (κ1) is 14.8. The fourth-order valence-corrected chi connectivity index (χ4v) is 2.15. The molecule has 0 aliphatic rings. The van der Waals surface area contributed by atoms with Gasteiger partial charge in [0.15, 0.2) is 0 Å². The lowest BCUT2D eigenvalue weighted by atomic mass is 10.3. The van der Waals surface area contributed by atoms with Crippen LogP contribution >= 0.6 is 0 Å². The Labute approximate surface area is 93.2 Å². The van der Waals surface area contributed by atoms with E-state index in [2.05, 4.69) is 28.6 Å². The molecule has 15 heavy (non-hydrogen) atoms. The Bertz CT molecular complexity index is 250. The van der Waals surface area contributed by atoms with E-state index < -0.39 is 10.2 Å². The molecule has 0 amide bonds. The molecule has 3 N–H and O–H groups in total. The highest BCUT2D eigenvalue weighted by Gasteiger charge is 2.09. The van der Waals surface area contributed by atoms with Crippen molar-refractivity contribution in [3.8, 4) is 0 Å². The lowest BCUT2D eigenvalue weighted by molar-refractivity contribution is 0.540. The maximum atomic E-state index is 11.3. The van der Waals surface area contributed by atoms with Crippen LogP contribution in [0.25, 0.3) is 0 Å². The lowest BCUT2D eigenvalue weighted by Crippen LogP contribution is -2.41. The quantitative estimate of drug-likeness (QED) is 0.528. The summed E-state index contributed by atoms with van der Waals surface area (Å²) >= 11 is 0. The molecule has 0 spiro atoms. The normalized spacial score (nSPS) is 12.7. The van der Waals surface area contributed by atoms with Gasteiger partial charge in [-0.05, 0) is 26.8 Å². The highest BCUT2D eigenvalue weighted by molar-refractivity contribution is 7.87. The van der Waals surface area contributed by atoms with Crippen molar-refractivity contribution in [3.63, 3.8) is 0 Å². The minimum atomic E-state index is -3.31. The monoisotopic (exact) mass is 237 g/mol. The Morgan fingerprint density at radius 3 is 2.07 bits per heavy atom. The molecule has 0 saturated carbocycles. The van der Waals surface area contributed by atoms with Crippen molar-refractivity contribution < 1.29 is 8.42 Å². The third-order valence-electron chi connectivity index (χ3n) is 1.59. The number of nitrogens with one attached hydrogen (secondary N) is 3. The summed E-state index contributed by atoms with van der Waals surface area (Å²) in [7, 11) is -3.31. The minimum Gasteiger partial charge on any atom is -0.314 e. The average Bonchev–Trinajstić information content (AvgIpc) is 1.99. The largest absolute Gasteiger partial charge is 0.314 e. The van der Waals surface area contributed by atoms with Crippen LogP contribution in [-0.4, -0.2) is 33.6 Å². The van der Waals surface area contributed by atoms with Gasteiger partial charge in [0, 0.05) is 18.6 Å². The van der Waals surface area contributed by atoms with Crippen LogP contribution in [0.5, 0.6) is 0 Å². The van der Waals surface area contributed by atoms with E-state index in [9.17, 15) is 8.42 Å². The van der Waals surface area contributed by atoms with E-state index in [1.807, 2.05) is 0 Å². The van der Waals surface area contributed by atoms with Crippen LogP contribution in [0.2, 0.25) is 0 Å². The van der Waals surface area contributed by atoms with Crippen LogP contribution in [-0.2, 0) is 10.2 Å². The first-order valence-electron chi connectivity index (χ1n) is 5.34. The molecule has 0 bridgehead atoms. The van der Waals surface area contributed by atoms with Crippen molar-refractivity contribution in [3.05, 3.63) is 0 Å². The van der Waals surface area contributed by atoms with Gasteiger partial charge in [0.25, 0.3) is 10.2 Å². The van der Waals surface area contributed by atoms with Gasteiger partial charge in [-0.15, -0.1) is 0 Å². The van der Waals surface area contributed by atoms with E-state index in [4.69, 9.17) is 0 Å². The van der Waals surface area contributed by atoms with Gasteiger partial charge >= 0.3 is 0 Å². The van der Waals surface area contributed by atoms with Gasteiger partial charge in [-0.3, -0.25) is 0 Å². The maximum Gasteiger partial charge on any atom is 0.277 e. The molecule has 0 rings (SSSR count). The fraction of sp³-hybridized carbons (Fsp3) is 1.00. The number of hydrogen-bond acceptors (Lipinski definition) is 3. The first-order valence-corrected chi connectivity index (χ1v) is 6.82. The summed E-state index contributed by atoms with van der Waals surface area (Å²) in [6.07, 6.45) is 0.789. The van der Waals surface area contributed by atoms with Crippen LogP contribution in [0, 0.1) is 0 Å². The summed E-state index contributed by atoms with van der Waals surface area (Å²) in [5.74, 6) is 0. The Morgan fingerprint density at radius 2 is 1.60 bits per heavy atom. The van der Waals surface area contributed by atoms with Crippen molar-refractivity contribution in [2.45, 2.75) is 46.2 Å². The zero-order valence-electron chi connectivity index (χ0n) is 10.0. The van der Waals surface area contributed by atoms with Crippen molar-refractivity contribution in [1.29, 1.82) is 0 Å². The highest BCUT2D eigenvalue weighted by atomic mass is 32.2. The van der Waals surface area contributed by atoms with Crippen molar-refractivity contribution >= 4 is 10.2 Å². The van der Waals surface area contributed by atoms with Gasteiger partial charge < -0.3 is 5.32 Å². The van der Waals surface area contributed by atoms with Gasteiger partial charge in [0.2, 0.25) is 0 Å². The summed E-state index contributed by atoms with van der Waals surface area (Å²) in [4.78, 5) is 0. The molecule has 0 aromatic carbocycles. The van der Waals surface area contributed by atoms with Gasteiger partial charge in [0.1, 0.15) is 0 Å². The molecule has 5 nitrogen and oxygen atoms in total. The molecule has 0 heterocycles. The number of rotatable bonds is 8.